The number of nitrogens with zero attached hydrogens (tertiary/aromatic N) is 1. The van der Waals surface area contributed by atoms with Crippen LogP contribution in [-0.2, 0) is 10.0 Å². The number of hydrogen-bond donors (Lipinski definition) is 2. The molecule has 0 amide bonds. The van der Waals surface area contributed by atoms with Crippen LogP contribution in [0.5, 0.6) is 0 Å². The molecule has 1 aliphatic rings. The number of para-hydroxylation sites is 1. The molecule has 0 radical (unpaired) electrons. The van der Waals surface area contributed by atoms with Crippen molar-refractivity contribution in [1.29, 1.82) is 0 Å². The molecule has 2 N–H and O–H groups in total. The van der Waals surface area contributed by atoms with Crippen LogP contribution in [0.2, 0.25) is 0 Å². The molecule has 1 aliphatic heterocycles. The maximum atomic E-state index is 13.1. The number of sulfonamides is 1. The smallest absolute Gasteiger partial charge is 0.337 e. The Kier molecular flexibility index (Phi) is 6.58. The zero-order valence-electron chi connectivity index (χ0n) is 17.0. The van der Waals surface area contributed by atoms with Crippen LogP contribution in [0.3, 0.4) is 0 Å². The first kappa shape index (κ1) is 22.0. The van der Waals surface area contributed by atoms with Crippen molar-refractivity contribution in [3.63, 3.8) is 0 Å². The lowest BCUT2D eigenvalue weighted by atomic mass is 9.94. The van der Waals surface area contributed by atoms with E-state index in [0.29, 0.717) is 18.8 Å². The number of carbonyl (C=O) groups excluding carboxylic acids is 1. The van der Waals surface area contributed by atoms with Gasteiger partial charge in [0.1, 0.15) is 0 Å². The normalized spacial score (nSPS) is 19.9. The Morgan fingerprint density at radius 2 is 1.73 bits per heavy atom. The van der Waals surface area contributed by atoms with E-state index in [0.717, 1.165) is 6.42 Å². The molecule has 160 valence electrons. The van der Waals surface area contributed by atoms with E-state index in [4.69, 9.17) is 0 Å². The summed E-state index contributed by atoms with van der Waals surface area (Å²) in [5.74, 6) is -0.852. The van der Waals surface area contributed by atoms with Crippen LogP contribution in [0.25, 0.3) is 0 Å². The first-order valence-electron chi connectivity index (χ1n) is 9.88. The summed E-state index contributed by atoms with van der Waals surface area (Å²) < 4.78 is 27.7. The number of nitrogens with one attached hydrogen (secondary N) is 1. The summed E-state index contributed by atoms with van der Waals surface area (Å²) in [6.45, 7) is 4.87. The molecule has 0 aliphatic carbocycles. The highest BCUT2D eigenvalue weighted by molar-refractivity contribution is 7.89. The van der Waals surface area contributed by atoms with Crippen molar-refractivity contribution in [3.8, 4) is 0 Å². The summed E-state index contributed by atoms with van der Waals surface area (Å²) in [4.78, 5) is 24.0. The van der Waals surface area contributed by atoms with Crippen molar-refractivity contribution >= 4 is 27.5 Å². The number of Topliss-reactive ketones (excluding diaryl/α,β-unsaturated/α-hetero) is 1. The Bertz CT molecular complexity index is 1040. The zero-order chi connectivity index (χ0) is 21.9. The second-order valence-corrected chi connectivity index (χ2v) is 9.86. The van der Waals surface area contributed by atoms with Gasteiger partial charge in [0.15, 0.2) is 5.78 Å². The molecule has 0 spiro atoms. The van der Waals surface area contributed by atoms with Crippen LogP contribution in [0.4, 0.5) is 5.69 Å². The van der Waals surface area contributed by atoms with Crippen LogP contribution in [-0.4, -0.2) is 49.2 Å². The Morgan fingerprint density at radius 1 is 1.07 bits per heavy atom. The molecular formula is C22H26N2O5S. The number of ketones is 1. The Hall–Kier alpha value is -2.71. The van der Waals surface area contributed by atoms with Gasteiger partial charge in [0, 0.05) is 24.3 Å². The molecular weight excluding hydrogens is 404 g/mol. The summed E-state index contributed by atoms with van der Waals surface area (Å²) in [5, 5.41) is 12.1. The molecule has 1 saturated heterocycles. The third-order valence-electron chi connectivity index (χ3n) is 5.23. The lowest BCUT2D eigenvalue weighted by Gasteiger charge is -2.34. The van der Waals surface area contributed by atoms with Gasteiger partial charge in [0.25, 0.3) is 0 Å². The highest BCUT2D eigenvalue weighted by atomic mass is 32.2. The van der Waals surface area contributed by atoms with Gasteiger partial charge in [-0.2, -0.15) is 4.31 Å². The molecule has 2 unspecified atom stereocenters. The monoisotopic (exact) mass is 430 g/mol. The van der Waals surface area contributed by atoms with Crippen LogP contribution >= 0.6 is 0 Å². The Balaban J connectivity index is 1.76. The summed E-state index contributed by atoms with van der Waals surface area (Å²) in [7, 11) is -3.69. The average molecular weight is 431 g/mol. The average Bonchev–Trinajstić information content (AvgIpc) is 2.71. The van der Waals surface area contributed by atoms with E-state index in [1.54, 1.807) is 30.3 Å². The number of aromatic carboxylic acids is 1. The van der Waals surface area contributed by atoms with E-state index < -0.39 is 16.0 Å². The van der Waals surface area contributed by atoms with Crippen molar-refractivity contribution < 1.29 is 23.1 Å². The van der Waals surface area contributed by atoms with E-state index >= 15 is 0 Å². The van der Waals surface area contributed by atoms with Crippen LogP contribution in [0.15, 0.2) is 53.4 Å². The van der Waals surface area contributed by atoms with Crippen molar-refractivity contribution in [2.45, 2.75) is 25.2 Å². The molecule has 0 bridgehead atoms. The molecule has 1 fully saturated rings. The van der Waals surface area contributed by atoms with Gasteiger partial charge in [0.2, 0.25) is 10.0 Å². The maximum Gasteiger partial charge on any atom is 0.337 e. The second-order valence-electron chi connectivity index (χ2n) is 7.92. The number of benzene rings is 2. The standard InChI is InChI=1S/C22H26N2O5S/c1-15-10-16(2)14-24(13-15)30(28,29)18-7-5-6-17(11-18)21(25)12-23-20-9-4-3-8-19(20)22(26)27/h3-9,11,15-16,23H,10,12-14H2,1-2H3,(H,26,27). The molecule has 30 heavy (non-hydrogen) atoms. The van der Waals surface area contributed by atoms with Gasteiger partial charge in [-0.3, -0.25) is 4.79 Å². The molecule has 0 saturated carbocycles. The molecule has 0 aromatic heterocycles. The minimum Gasteiger partial charge on any atom is -0.478 e. The summed E-state index contributed by atoms with van der Waals surface area (Å²) in [6.07, 6.45) is 0.994. The van der Waals surface area contributed by atoms with Crippen LogP contribution < -0.4 is 5.32 Å². The molecule has 8 heteroatoms. The van der Waals surface area contributed by atoms with Gasteiger partial charge in [0.05, 0.1) is 17.0 Å². The topological polar surface area (TPSA) is 104 Å². The van der Waals surface area contributed by atoms with E-state index in [9.17, 15) is 23.1 Å². The van der Waals surface area contributed by atoms with E-state index in [-0.39, 0.29) is 40.2 Å². The van der Waals surface area contributed by atoms with Gasteiger partial charge < -0.3 is 10.4 Å². The molecule has 1 heterocycles. The number of rotatable bonds is 7. The van der Waals surface area contributed by atoms with Crippen molar-refractivity contribution in [2.24, 2.45) is 11.8 Å². The molecule has 2 atom stereocenters. The third kappa shape index (κ3) is 4.88. The quantitative estimate of drug-likeness (QED) is 0.653. The maximum absolute atomic E-state index is 13.1. The second kappa shape index (κ2) is 8.97. The third-order valence-corrected chi connectivity index (χ3v) is 7.05. The first-order valence-corrected chi connectivity index (χ1v) is 11.3. The number of carboxylic acid groups (broad SMARTS) is 1. The van der Waals surface area contributed by atoms with Gasteiger partial charge in [-0.25, -0.2) is 13.2 Å². The fourth-order valence-electron chi connectivity index (χ4n) is 3.88. The van der Waals surface area contributed by atoms with Gasteiger partial charge in [-0.15, -0.1) is 0 Å². The van der Waals surface area contributed by atoms with Crippen LogP contribution in [0.1, 0.15) is 41.0 Å². The minimum absolute atomic E-state index is 0.0648. The van der Waals surface area contributed by atoms with E-state index in [1.807, 2.05) is 13.8 Å². The molecule has 2 aromatic carbocycles. The van der Waals surface area contributed by atoms with Crippen LogP contribution in [0, 0.1) is 11.8 Å². The van der Waals surface area contributed by atoms with Gasteiger partial charge in [-0.1, -0.05) is 38.1 Å². The number of anilines is 1. The highest BCUT2D eigenvalue weighted by Gasteiger charge is 2.31. The molecule has 2 aromatic rings. The fraction of sp³-hybridized carbons (Fsp3) is 0.364. The SMILES string of the molecule is CC1CC(C)CN(S(=O)(=O)c2cccc(C(=O)CNc3ccccc3C(=O)O)c2)C1. The summed E-state index contributed by atoms with van der Waals surface area (Å²) in [6, 6.07) is 12.3. The lowest BCUT2D eigenvalue weighted by Crippen LogP contribution is -2.42. The first-order chi connectivity index (χ1) is 14.2. The van der Waals surface area contributed by atoms with Gasteiger partial charge in [-0.05, 0) is 42.5 Å². The minimum atomic E-state index is -3.69. The zero-order valence-corrected chi connectivity index (χ0v) is 17.9. The largest absolute Gasteiger partial charge is 0.478 e. The Morgan fingerprint density at radius 3 is 2.40 bits per heavy atom. The lowest BCUT2D eigenvalue weighted by molar-refractivity contribution is 0.0697. The number of hydrogen-bond acceptors (Lipinski definition) is 5. The predicted molar refractivity (Wildman–Crippen MR) is 114 cm³/mol. The van der Waals surface area contributed by atoms with Gasteiger partial charge >= 0.3 is 5.97 Å². The van der Waals surface area contributed by atoms with E-state index in [2.05, 4.69) is 5.32 Å². The Labute approximate surface area is 176 Å². The van der Waals surface area contributed by atoms with Crippen molar-refractivity contribution in [2.75, 3.05) is 25.0 Å². The van der Waals surface area contributed by atoms with Crippen molar-refractivity contribution in [3.05, 3.63) is 59.7 Å². The summed E-state index contributed by atoms with van der Waals surface area (Å²) in [5.41, 5.74) is 0.655. The predicted octanol–water partition coefficient (Wildman–Crippen LogP) is 3.35. The summed E-state index contributed by atoms with van der Waals surface area (Å²) >= 11 is 0. The number of carbonyl (C=O) groups is 2. The fourth-order valence-corrected chi connectivity index (χ4v) is 5.61. The van der Waals surface area contributed by atoms with E-state index in [1.165, 1.54) is 22.5 Å². The molecule has 3 rings (SSSR count). The highest BCUT2D eigenvalue weighted by Crippen LogP contribution is 2.27. The number of piperidine rings is 1. The molecule has 7 nitrogen and oxygen atoms in total. The van der Waals surface area contributed by atoms with Crippen molar-refractivity contribution in [1.82, 2.24) is 4.31 Å². The number of carboxylic acids is 1.